The monoisotopic (exact) mass is 249 g/mol. The Kier molecular flexibility index (Phi) is 3.90. The van der Waals surface area contributed by atoms with E-state index in [2.05, 4.69) is 5.32 Å². The van der Waals surface area contributed by atoms with Gasteiger partial charge >= 0.3 is 5.97 Å². The van der Waals surface area contributed by atoms with Gasteiger partial charge in [-0.2, -0.15) is 0 Å². The molecule has 0 saturated carbocycles. The van der Waals surface area contributed by atoms with E-state index in [4.69, 9.17) is 5.11 Å². The van der Waals surface area contributed by atoms with E-state index in [1.165, 1.54) is 6.92 Å². The number of carboxylic acid groups (broad SMARTS) is 1. The molecular weight excluding hydrogens is 234 g/mol. The number of hydrogen-bond acceptors (Lipinski definition) is 4. The maximum atomic E-state index is 11.4. The molecule has 1 saturated heterocycles. The van der Waals surface area contributed by atoms with Crippen molar-refractivity contribution in [1.29, 1.82) is 0 Å². The average Bonchev–Trinajstić information content (AvgIpc) is 2.19. The topological polar surface area (TPSA) is 101 Å². The molecule has 0 aromatic heterocycles. The number of rotatable bonds is 3. The van der Waals surface area contributed by atoms with E-state index in [-0.39, 0.29) is 17.5 Å². The first-order valence-corrected chi connectivity index (χ1v) is 6.87. The molecule has 0 aromatic carbocycles. The van der Waals surface area contributed by atoms with Crippen LogP contribution in [0.15, 0.2) is 0 Å². The van der Waals surface area contributed by atoms with Crippen molar-refractivity contribution in [1.82, 2.24) is 5.32 Å². The van der Waals surface area contributed by atoms with Gasteiger partial charge in [-0.1, -0.05) is 0 Å². The molecule has 7 heteroatoms. The van der Waals surface area contributed by atoms with Crippen molar-refractivity contribution in [2.75, 3.05) is 11.5 Å². The Bertz CT molecular complexity index is 375. The fourth-order valence-electron chi connectivity index (χ4n) is 1.47. The summed E-state index contributed by atoms with van der Waals surface area (Å²) in [5.41, 5.74) is 0. The number of carboxylic acids is 1. The zero-order chi connectivity index (χ0) is 12.3. The van der Waals surface area contributed by atoms with Crippen LogP contribution in [-0.4, -0.2) is 42.9 Å². The van der Waals surface area contributed by atoms with Gasteiger partial charge in [-0.25, -0.2) is 8.42 Å². The largest absolute Gasteiger partial charge is 0.481 e. The predicted octanol–water partition coefficient (Wildman–Crippen LogP) is -0.599. The summed E-state index contributed by atoms with van der Waals surface area (Å²) in [5.74, 6) is -2.73. The normalized spacial score (nSPS) is 22.3. The molecule has 6 nitrogen and oxygen atoms in total. The summed E-state index contributed by atoms with van der Waals surface area (Å²) in [7, 11) is -2.96. The number of nitrogens with one attached hydrogen (secondary N) is 1. The van der Waals surface area contributed by atoms with Crippen molar-refractivity contribution >= 4 is 21.7 Å². The molecule has 1 fully saturated rings. The van der Waals surface area contributed by atoms with Crippen LogP contribution < -0.4 is 5.32 Å². The summed E-state index contributed by atoms with van der Waals surface area (Å²) in [6, 6.07) is -0.224. The molecular formula is C9H15NO5S. The third-order valence-corrected chi connectivity index (χ3v) is 4.38. The van der Waals surface area contributed by atoms with E-state index >= 15 is 0 Å². The van der Waals surface area contributed by atoms with Gasteiger partial charge in [-0.3, -0.25) is 9.59 Å². The van der Waals surface area contributed by atoms with Gasteiger partial charge in [0.05, 0.1) is 11.5 Å². The molecule has 0 aromatic rings. The van der Waals surface area contributed by atoms with E-state index in [0.29, 0.717) is 12.8 Å². The zero-order valence-corrected chi connectivity index (χ0v) is 9.79. The van der Waals surface area contributed by atoms with Crippen molar-refractivity contribution in [3.05, 3.63) is 0 Å². The van der Waals surface area contributed by atoms with Crippen LogP contribution in [0.2, 0.25) is 0 Å². The third kappa shape index (κ3) is 3.48. The first kappa shape index (κ1) is 13.0. The van der Waals surface area contributed by atoms with Gasteiger partial charge in [-0.15, -0.1) is 0 Å². The van der Waals surface area contributed by atoms with Crippen molar-refractivity contribution in [2.45, 2.75) is 25.8 Å². The van der Waals surface area contributed by atoms with E-state index in [1.807, 2.05) is 0 Å². The predicted molar refractivity (Wildman–Crippen MR) is 56.6 cm³/mol. The molecule has 0 radical (unpaired) electrons. The molecule has 0 bridgehead atoms. The Balaban J connectivity index is 2.45. The van der Waals surface area contributed by atoms with Gasteiger partial charge in [0.2, 0.25) is 5.91 Å². The molecule has 0 aliphatic carbocycles. The second-order valence-electron chi connectivity index (χ2n) is 3.99. The molecule has 16 heavy (non-hydrogen) atoms. The van der Waals surface area contributed by atoms with Crippen molar-refractivity contribution in [3.63, 3.8) is 0 Å². The van der Waals surface area contributed by atoms with Crippen LogP contribution in [0.25, 0.3) is 0 Å². The second-order valence-corrected chi connectivity index (χ2v) is 6.30. The molecule has 1 aliphatic heterocycles. The summed E-state index contributed by atoms with van der Waals surface area (Å²) in [4.78, 5) is 21.9. The smallest absolute Gasteiger partial charge is 0.315 e. The van der Waals surface area contributed by atoms with Crippen molar-refractivity contribution in [2.24, 2.45) is 5.92 Å². The first-order valence-electron chi connectivity index (χ1n) is 5.05. The van der Waals surface area contributed by atoms with E-state index in [1.54, 1.807) is 0 Å². The number of carbonyl (C=O) groups excluding carboxylic acids is 1. The molecule has 1 atom stereocenters. The fraction of sp³-hybridized carbons (Fsp3) is 0.778. The van der Waals surface area contributed by atoms with Crippen LogP contribution in [0.4, 0.5) is 0 Å². The molecule has 92 valence electrons. The summed E-state index contributed by atoms with van der Waals surface area (Å²) in [6.45, 7) is 1.30. The summed E-state index contributed by atoms with van der Waals surface area (Å²) < 4.78 is 22.2. The highest BCUT2D eigenvalue weighted by atomic mass is 32.2. The highest BCUT2D eigenvalue weighted by molar-refractivity contribution is 7.91. The Morgan fingerprint density at radius 3 is 2.25 bits per heavy atom. The SMILES string of the molecule is CC(C(=O)O)C(=O)NC1CCS(=O)(=O)CC1. The van der Waals surface area contributed by atoms with Gasteiger partial charge < -0.3 is 10.4 Å². The maximum Gasteiger partial charge on any atom is 0.315 e. The second kappa shape index (κ2) is 4.82. The molecule has 1 aliphatic rings. The molecule has 1 heterocycles. The lowest BCUT2D eigenvalue weighted by Gasteiger charge is -2.23. The van der Waals surface area contributed by atoms with E-state index in [9.17, 15) is 18.0 Å². The molecule has 0 spiro atoms. The number of hydrogen-bond donors (Lipinski definition) is 2. The first-order chi connectivity index (χ1) is 7.32. The standard InChI is InChI=1S/C9H15NO5S/c1-6(9(12)13)8(11)10-7-2-4-16(14,15)5-3-7/h6-7H,2-5H2,1H3,(H,10,11)(H,12,13). The molecule has 2 N–H and O–H groups in total. The number of carbonyl (C=O) groups is 2. The lowest BCUT2D eigenvalue weighted by molar-refractivity contribution is -0.146. The minimum absolute atomic E-state index is 0.0550. The average molecular weight is 249 g/mol. The van der Waals surface area contributed by atoms with Gasteiger partial charge in [0.1, 0.15) is 15.8 Å². The van der Waals surface area contributed by atoms with Gasteiger partial charge in [-0.05, 0) is 19.8 Å². The maximum absolute atomic E-state index is 11.4. The van der Waals surface area contributed by atoms with Crippen molar-refractivity contribution < 1.29 is 23.1 Å². The zero-order valence-electron chi connectivity index (χ0n) is 8.97. The Hall–Kier alpha value is -1.11. The van der Waals surface area contributed by atoms with Gasteiger partial charge in [0.15, 0.2) is 0 Å². The number of aliphatic carboxylic acids is 1. The van der Waals surface area contributed by atoms with Crippen LogP contribution >= 0.6 is 0 Å². The highest BCUT2D eigenvalue weighted by Crippen LogP contribution is 2.12. The van der Waals surface area contributed by atoms with E-state index in [0.717, 1.165) is 0 Å². The Morgan fingerprint density at radius 2 is 1.81 bits per heavy atom. The fourth-order valence-corrected chi connectivity index (χ4v) is 2.96. The van der Waals surface area contributed by atoms with Gasteiger partial charge in [0.25, 0.3) is 0 Å². The van der Waals surface area contributed by atoms with Crippen LogP contribution in [0, 0.1) is 5.92 Å². The number of amides is 1. The molecule has 1 rings (SSSR count). The summed E-state index contributed by atoms with van der Waals surface area (Å²) in [5, 5.41) is 11.2. The van der Waals surface area contributed by atoms with Gasteiger partial charge in [0, 0.05) is 6.04 Å². The molecule has 1 amide bonds. The number of sulfone groups is 1. The van der Waals surface area contributed by atoms with Crippen LogP contribution in [0.3, 0.4) is 0 Å². The third-order valence-electron chi connectivity index (χ3n) is 2.66. The highest BCUT2D eigenvalue weighted by Gasteiger charge is 2.27. The lowest BCUT2D eigenvalue weighted by atomic mass is 10.1. The van der Waals surface area contributed by atoms with E-state index < -0.39 is 27.6 Å². The summed E-state index contributed by atoms with van der Waals surface area (Å²) >= 11 is 0. The Labute approximate surface area is 93.9 Å². The summed E-state index contributed by atoms with van der Waals surface area (Å²) in [6.07, 6.45) is 0.723. The quantitative estimate of drug-likeness (QED) is 0.650. The molecule has 1 unspecified atom stereocenters. The lowest BCUT2D eigenvalue weighted by Crippen LogP contribution is -2.44. The Morgan fingerprint density at radius 1 is 1.31 bits per heavy atom. The minimum Gasteiger partial charge on any atom is -0.481 e. The minimum atomic E-state index is -2.96. The van der Waals surface area contributed by atoms with Crippen LogP contribution in [0.1, 0.15) is 19.8 Å². The van der Waals surface area contributed by atoms with Crippen LogP contribution in [0.5, 0.6) is 0 Å². The van der Waals surface area contributed by atoms with Crippen molar-refractivity contribution in [3.8, 4) is 0 Å². The van der Waals surface area contributed by atoms with Crippen LogP contribution in [-0.2, 0) is 19.4 Å².